The van der Waals surface area contributed by atoms with E-state index in [1.165, 1.54) is 12.1 Å². The van der Waals surface area contributed by atoms with Crippen LogP contribution < -0.4 is 9.47 Å². The van der Waals surface area contributed by atoms with Gasteiger partial charge in [0.1, 0.15) is 19.0 Å². The minimum atomic E-state index is -0.247. The Balaban J connectivity index is 1.39. The monoisotopic (exact) mass is 341 g/mol. The van der Waals surface area contributed by atoms with Crippen molar-refractivity contribution in [2.45, 2.75) is 18.9 Å². The molecular weight excluding hydrogens is 321 g/mol. The van der Waals surface area contributed by atoms with E-state index in [2.05, 4.69) is 0 Å². The molecule has 1 amide bonds. The third-order valence-electron chi connectivity index (χ3n) is 4.81. The van der Waals surface area contributed by atoms with Crippen molar-refractivity contribution in [3.63, 3.8) is 0 Å². The zero-order chi connectivity index (χ0) is 17.4. The van der Waals surface area contributed by atoms with Crippen LogP contribution in [0.3, 0.4) is 0 Å². The molecule has 130 valence electrons. The van der Waals surface area contributed by atoms with Gasteiger partial charge in [-0.15, -0.1) is 0 Å². The van der Waals surface area contributed by atoms with Crippen LogP contribution in [0.25, 0.3) is 0 Å². The first-order valence-corrected chi connectivity index (χ1v) is 8.51. The van der Waals surface area contributed by atoms with Crippen molar-refractivity contribution in [3.8, 4) is 11.5 Å². The van der Waals surface area contributed by atoms with Gasteiger partial charge in [-0.2, -0.15) is 0 Å². The Morgan fingerprint density at radius 3 is 2.60 bits per heavy atom. The van der Waals surface area contributed by atoms with Crippen molar-refractivity contribution in [3.05, 3.63) is 59.4 Å². The number of halogens is 1. The van der Waals surface area contributed by atoms with Gasteiger partial charge in [0.25, 0.3) is 0 Å². The van der Waals surface area contributed by atoms with Gasteiger partial charge in [-0.25, -0.2) is 4.39 Å². The highest BCUT2D eigenvalue weighted by Crippen LogP contribution is 2.48. The van der Waals surface area contributed by atoms with Crippen LogP contribution in [0.1, 0.15) is 23.5 Å². The topological polar surface area (TPSA) is 38.8 Å². The lowest BCUT2D eigenvalue weighted by Gasteiger charge is -2.21. The van der Waals surface area contributed by atoms with Crippen LogP contribution in [0, 0.1) is 11.7 Å². The van der Waals surface area contributed by atoms with E-state index < -0.39 is 0 Å². The van der Waals surface area contributed by atoms with E-state index in [1.807, 2.05) is 25.2 Å². The van der Waals surface area contributed by atoms with Crippen molar-refractivity contribution >= 4 is 5.91 Å². The number of nitrogens with zero attached hydrogens (tertiary/aromatic N) is 1. The summed E-state index contributed by atoms with van der Waals surface area (Å²) in [6, 6.07) is 12.2. The quantitative estimate of drug-likeness (QED) is 0.856. The zero-order valence-electron chi connectivity index (χ0n) is 14.1. The third-order valence-corrected chi connectivity index (χ3v) is 4.81. The van der Waals surface area contributed by atoms with Gasteiger partial charge < -0.3 is 14.4 Å². The molecule has 1 aliphatic heterocycles. The van der Waals surface area contributed by atoms with Crippen LogP contribution in [0.4, 0.5) is 4.39 Å². The Morgan fingerprint density at radius 1 is 1.12 bits per heavy atom. The Labute approximate surface area is 146 Å². The molecule has 0 bridgehead atoms. The second-order valence-corrected chi connectivity index (χ2v) is 6.67. The van der Waals surface area contributed by atoms with Crippen LogP contribution in [0.5, 0.6) is 11.5 Å². The minimum Gasteiger partial charge on any atom is -0.486 e. The number of fused-ring (bicyclic) bond motifs is 1. The van der Waals surface area contributed by atoms with Gasteiger partial charge in [0.15, 0.2) is 11.5 Å². The minimum absolute atomic E-state index is 0.00679. The number of rotatable bonds is 4. The largest absolute Gasteiger partial charge is 0.486 e. The van der Waals surface area contributed by atoms with Crippen LogP contribution in [0.2, 0.25) is 0 Å². The molecule has 0 spiro atoms. The maximum Gasteiger partial charge on any atom is 0.226 e. The second-order valence-electron chi connectivity index (χ2n) is 6.67. The summed E-state index contributed by atoms with van der Waals surface area (Å²) in [5.74, 6) is 1.57. The molecule has 0 saturated heterocycles. The normalized spacial score (nSPS) is 20.9. The number of benzene rings is 2. The van der Waals surface area contributed by atoms with E-state index in [-0.39, 0.29) is 23.6 Å². The number of amides is 1. The fraction of sp³-hybridized carbons (Fsp3) is 0.350. The summed E-state index contributed by atoms with van der Waals surface area (Å²) in [4.78, 5) is 14.4. The van der Waals surface area contributed by atoms with Crippen molar-refractivity contribution in [1.29, 1.82) is 0 Å². The highest BCUT2D eigenvalue weighted by molar-refractivity contribution is 5.82. The number of hydrogen-bond donors (Lipinski definition) is 0. The van der Waals surface area contributed by atoms with Gasteiger partial charge in [-0.3, -0.25) is 4.79 Å². The standard InChI is InChI=1S/C20H20FNO3/c1-22(12-13-2-7-18-19(10-13)25-9-8-24-18)20(23)17-11-16(17)14-3-5-15(21)6-4-14/h2-7,10,16-17H,8-9,11-12H2,1H3. The molecule has 1 heterocycles. The fourth-order valence-corrected chi connectivity index (χ4v) is 3.37. The summed E-state index contributed by atoms with van der Waals surface area (Å²) < 4.78 is 24.1. The molecule has 4 rings (SSSR count). The first kappa shape index (κ1) is 15.9. The van der Waals surface area contributed by atoms with E-state index in [4.69, 9.17) is 9.47 Å². The molecule has 0 aromatic heterocycles. The predicted molar refractivity (Wildman–Crippen MR) is 91.2 cm³/mol. The predicted octanol–water partition coefficient (Wildman–Crippen LogP) is 3.36. The molecule has 4 nitrogen and oxygen atoms in total. The summed E-state index contributed by atoms with van der Waals surface area (Å²) in [5, 5.41) is 0. The maximum atomic E-state index is 13.0. The van der Waals surface area contributed by atoms with Crippen molar-refractivity contribution < 1.29 is 18.7 Å². The Bertz CT molecular complexity index is 790. The average Bonchev–Trinajstić information content (AvgIpc) is 3.42. The smallest absolute Gasteiger partial charge is 0.226 e. The van der Waals surface area contributed by atoms with E-state index >= 15 is 0 Å². The number of carbonyl (C=O) groups excluding carboxylic acids is 1. The lowest BCUT2D eigenvalue weighted by Crippen LogP contribution is -2.28. The van der Waals surface area contributed by atoms with Crippen LogP contribution in [-0.4, -0.2) is 31.1 Å². The highest BCUT2D eigenvalue weighted by Gasteiger charge is 2.45. The van der Waals surface area contributed by atoms with Crippen molar-refractivity contribution in [2.75, 3.05) is 20.3 Å². The summed E-state index contributed by atoms with van der Waals surface area (Å²) in [5.41, 5.74) is 2.05. The van der Waals surface area contributed by atoms with E-state index in [0.29, 0.717) is 19.8 Å². The molecule has 25 heavy (non-hydrogen) atoms. The third kappa shape index (κ3) is 3.31. The molecule has 1 aliphatic carbocycles. The molecule has 5 heteroatoms. The Morgan fingerprint density at radius 2 is 1.84 bits per heavy atom. The molecule has 2 aromatic carbocycles. The number of carbonyl (C=O) groups is 1. The van der Waals surface area contributed by atoms with Gasteiger partial charge in [-0.1, -0.05) is 18.2 Å². The van der Waals surface area contributed by atoms with Gasteiger partial charge in [0.05, 0.1) is 0 Å². The van der Waals surface area contributed by atoms with E-state index in [1.54, 1.807) is 17.0 Å². The number of ether oxygens (including phenoxy) is 2. The first-order valence-electron chi connectivity index (χ1n) is 8.51. The second kappa shape index (κ2) is 6.39. The van der Waals surface area contributed by atoms with Crippen LogP contribution in [-0.2, 0) is 11.3 Å². The summed E-state index contributed by atoms with van der Waals surface area (Å²) in [6.45, 7) is 1.64. The lowest BCUT2D eigenvalue weighted by molar-refractivity contribution is -0.131. The SMILES string of the molecule is CN(Cc1ccc2c(c1)OCCO2)C(=O)C1CC1c1ccc(F)cc1. The summed E-state index contributed by atoms with van der Waals surface area (Å²) in [7, 11) is 1.82. The van der Waals surface area contributed by atoms with E-state index in [0.717, 1.165) is 29.0 Å². The van der Waals surface area contributed by atoms with Gasteiger partial charge in [0.2, 0.25) is 5.91 Å². The van der Waals surface area contributed by atoms with Gasteiger partial charge in [-0.05, 0) is 47.7 Å². The maximum absolute atomic E-state index is 13.0. The molecule has 0 radical (unpaired) electrons. The van der Waals surface area contributed by atoms with Gasteiger partial charge >= 0.3 is 0 Å². The van der Waals surface area contributed by atoms with Gasteiger partial charge in [0, 0.05) is 19.5 Å². The van der Waals surface area contributed by atoms with E-state index in [9.17, 15) is 9.18 Å². The fourth-order valence-electron chi connectivity index (χ4n) is 3.37. The average molecular weight is 341 g/mol. The van der Waals surface area contributed by atoms with Crippen LogP contribution >= 0.6 is 0 Å². The van der Waals surface area contributed by atoms with Crippen molar-refractivity contribution in [1.82, 2.24) is 4.90 Å². The molecule has 2 aliphatic rings. The lowest BCUT2D eigenvalue weighted by atomic mass is 10.1. The van der Waals surface area contributed by atoms with Crippen LogP contribution in [0.15, 0.2) is 42.5 Å². The molecule has 1 saturated carbocycles. The first-order chi connectivity index (χ1) is 12.1. The Hall–Kier alpha value is -2.56. The highest BCUT2D eigenvalue weighted by atomic mass is 19.1. The number of hydrogen-bond acceptors (Lipinski definition) is 3. The van der Waals surface area contributed by atoms with Crippen molar-refractivity contribution in [2.24, 2.45) is 5.92 Å². The molecule has 2 unspecified atom stereocenters. The molecule has 2 aromatic rings. The molecule has 1 fully saturated rings. The Kier molecular flexibility index (Phi) is 4.07. The molecule has 2 atom stereocenters. The summed E-state index contributed by atoms with van der Waals surface area (Å²) >= 11 is 0. The summed E-state index contributed by atoms with van der Waals surface area (Å²) in [6.07, 6.45) is 0.829. The molecular formula is C20H20FNO3. The molecule has 0 N–H and O–H groups in total. The zero-order valence-corrected chi connectivity index (χ0v) is 14.1.